The minimum absolute atomic E-state index is 0.00737. The number of benzene rings is 2. The molecule has 0 aliphatic carbocycles. The van der Waals surface area contributed by atoms with Crippen molar-refractivity contribution >= 4 is 35.3 Å². The van der Waals surface area contributed by atoms with Gasteiger partial charge in [-0.1, -0.05) is 30.3 Å². The van der Waals surface area contributed by atoms with Crippen molar-refractivity contribution in [1.29, 1.82) is 0 Å². The number of halogens is 1. The summed E-state index contributed by atoms with van der Waals surface area (Å²) in [5.74, 6) is -1.17. The standard InChI is InChI=1S/C27H33FN6O5/c28-21-8-7-20(31-26-29-11-4-12-30-26)17-23(21)33-13-15-34(16-14-33)24(35)10-9-22(25(36)37)32-27(38)39-18-19-5-2-1-3-6-19/h1-3,5-8,17,22H,4,9-16,18H2,(H,32,38)(H,36,37)(H2,29,30,31)/t22-/m0/s1. The molecule has 2 heterocycles. The molecule has 39 heavy (non-hydrogen) atoms. The normalized spacial score (nSPS) is 16.0. The number of ether oxygens (including phenoxy) is 1. The van der Waals surface area contributed by atoms with Gasteiger partial charge in [0.1, 0.15) is 18.5 Å². The van der Waals surface area contributed by atoms with Crippen molar-refractivity contribution in [3.63, 3.8) is 0 Å². The van der Waals surface area contributed by atoms with Gasteiger partial charge in [-0.05, 0) is 36.6 Å². The van der Waals surface area contributed by atoms with Gasteiger partial charge in [0.25, 0.3) is 0 Å². The number of carbonyl (C=O) groups is 3. The molecule has 4 N–H and O–H groups in total. The number of guanidine groups is 1. The van der Waals surface area contributed by atoms with Crippen molar-refractivity contribution in [2.24, 2.45) is 4.99 Å². The van der Waals surface area contributed by atoms with Crippen LogP contribution in [0.15, 0.2) is 53.5 Å². The van der Waals surface area contributed by atoms with Gasteiger partial charge < -0.3 is 35.6 Å². The number of carboxylic acids is 1. The van der Waals surface area contributed by atoms with Gasteiger partial charge >= 0.3 is 12.1 Å². The number of alkyl carbamates (subject to hydrolysis) is 1. The quantitative estimate of drug-likeness (QED) is 0.381. The maximum atomic E-state index is 14.6. The number of rotatable bonds is 9. The van der Waals surface area contributed by atoms with Crippen molar-refractivity contribution in [2.75, 3.05) is 49.5 Å². The van der Waals surface area contributed by atoms with Crippen LogP contribution in [-0.4, -0.2) is 79.2 Å². The van der Waals surface area contributed by atoms with Gasteiger partial charge in [-0.25, -0.2) is 14.0 Å². The molecule has 4 rings (SSSR count). The molecule has 0 bridgehead atoms. The first-order chi connectivity index (χ1) is 18.9. The molecule has 1 atom stereocenters. The average Bonchev–Trinajstić information content (AvgIpc) is 2.96. The van der Waals surface area contributed by atoms with E-state index in [9.17, 15) is 23.9 Å². The Kier molecular flexibility index (Phi) is 9.54. The molecule has 12 heteroatoms. The second kappa shape index (κ2) is 13.4. The predicted molar refractivity (Wildman–Crippen MR) is 144 cm³/mol. The first kappa shape index (κ1) is 27.7. The van der Waals surface area contributed by atoms with Gasteiger partial charge in [0.2, 0.25) is 5.91 Å². The second-order valence-corrected chi connectivity index (χ2v) is 9.31. The number of carboxylic acid groups (broad SMARTS) is 1. The summed E-state index contributed by atoms with van der Waals surface area (Å²) in [6.07, 6.45) is -0.0247. The van der Waals surface area contributed by atoms with Crippen LogP contribution >= 0.6 is 0 Å². The molecule has 11 nitrogen and oxygen atoms in total. The van der Waals surface area contributed by atoms with Crippen molar-refractivity contribution in [3.8, 4) is 0 Å². The Balaban J connectivity index is 1.24. The van der Waals surface area contributed by atoms with Crippen LogP contribution in [0.2, 0.25) is 0 Å². The van der Waals surface area contributed by atoms with Gasteiger partial charge in [-0.15, -0.1) is 0 Å². The summed E-state index contributed by atoms with van der Waals surface area (Å²) in [6.45, 7) is 3.17. The number of nitrogens with one attached hydrogen (secondary N) is 3. The van der Waals surface area contributed by atoms with Crippen molar-refractivity contribution in [2.45, 2.75) is 31.9 Å². The molecule has 208 valence electrons. The summed E-state index contributed by atoms with van der Waals surface area (Å²) < 4.78 is 19.7. The van der Waals surface area contributed by atoms with Crippen LogP contribution in [0.25, 0.3) is 0 Å². The fourth-order valence-corrected chi connectivity index (χ4v) is 4.37. The smallest absolute Gasteiger partial charge is 0.408 e. The number of amides is 2. The molecule has 1 saturated heterocycles. The molecule has 0 spiro atoms. The van der Waals surface area contributed by atoms with Crippen LogP contribution in [0.4, 0.5) is 20.6 Å². The van der Waals surface area contributed by atoms with Crippen LogP contribution in [0, 0.1) is 5.82 Å². The number of aliphatic carboxylic acids is 1. The van der Waals surface area contributed by atoms with E-state index in [0.717, 1.165) is 25.1 Å². The third-order valence-electron chi connectivity index (χ3n) is 6.53. The Morgan fingerprint density at radius 2 is 1.87 bits per heavy atom. The number of nitrogens with zero attached hydrogens (tertiary/aromatic N) is 3. The highest BCUT2D eigenvalue weighted by Gasteiger charge is 2.26. The highest BCUT2D eigenvalue weighted by Crippen LogP contribution is 2.25. The number of hydrogen-bond acceptors (Lipinski definition) is 8. The third kappa shape index (κ3) is 8.06. The molecule has 0 radical (unpaired) electrons. The van der Waals surface area contributed by atoms with E-state index >= 15 is 0 Å². The van der Waals surface area contributed by atoms with E-state index < -0.39 is 18.1 Å². The molecule has 1 fully saturated rings. The number of anilines is 2. The van der Waals surface area contributed by atoms with Crippen LogP contribution in [0.1, 0.15) is 24.8 Å². The molecule has 0 unspecified atom stereocenters. The summed E-state index contributed by atoms with van der Waals surface area (Å²) in [7, 11) is 0. The highest BCUT2D eigenvalue weighted by atomic mass is 19.1. The van der Waals surface area contributed by atoms with Gasteiger partial charge in [0, 0.05) is 51.4 Å². The third-order valence-corrected chi connectivity index (χ3v) is 6.53. The zero-order valence-electron chi connectivity index (χ0n) is 21.6. The van der Waals surface area contributed by atoms with Crippen molar-refractivity contribution < 1.29 is 28.6 Å². The first-order valence-corrected chi connectivity index (χ1v) is 13.0. The number of aliphatic imine (C=N–C) groups is 1. The Labute approximate surface area is 226 Å². The minimum Gasteiger partial charge on any atom is -0.480 e. The molecule has 2 amide bonds. The lowest BCUT2D eigenvalue weighted by molar-refractivity contribution is -0.140. The second-order valence-electron chi connectivity index (χ2n) is 9.31. The maximum Gasteiger partial charge on any atom is 0.408 e. The highest BCUT2D eigenvalue weighted by molar-refractivity contribution is 5.94. The van der Waals surface area contributed by atoms with E-state index in [1.807, 2.05) is 11.0 Å². The Morgan fingerprint density at radius 1 is 1.10 bits per heavy atom. The molecule has 2 aliphatic rings. The molecular formula is C27H33FN6O5. The van der Waals surface area contributed by atoms with E-state index in [1.54, 1.807) is 41.3 Å². The molecule has 0 saturated carbocycles. The van der Waals surface area contributed by atoms with Crippen LogP contribution in [-0.2, 0) is 20.9 Å². The fraction of sp³-hybridized carbons (Fsp3) is 0.407. The molecule has 0 aromatic heterocycles. The largest absolute Gasteiger partial charge is 0.480 e. The summed E-state index contributed by atoms with van der Waals surface area (Å²) >= 11 is 0. The van der Waals surface area contributed by atoms with E-state index in [2.05, 4.69) is 20.9 Å². The van der Waals surface area contributed by atoms with Gasteiger partial charge in [-0.3, -0.25) is 9.79 Å². The Hall–Kier alpha value is -4.35. The number of hydrogen-bond donors (Lipinski definition) is 4. The van der Waals surface area contributed by atoms with Gasteiger partial charge in [0.05, 0.1) is 5.69 Å². The van der Waals surface area contributed by atoms with E-state index in [0.29, 0.717) is 43.5 Å². The SMILES string of the molecule is O=C(N[C@@H](CCC(=O)N1CCN(c2cc(NC3=NCCCN3)ccc2F)CC1)C(=O)O)OCc1ccccc1. The number of piperazine rings is 1. The Bertz CT molecular complexity index is 1190. The lowest BCUT2D eigenvalue weighted by atomic mass is 10.1. The van der Waals surface area contributed by atoms with Gasteiger partial charge in [-0.2, -0.15) is 0 Å². The van der Waals surface area contributed by atoms with Crippen molar-refractivity contribution in [1.82, 2.24) is 15.5 Å². The topological polar surface area (TPSA) is 136 Å². The van der Waals surface area contributed by atoms with Crippen LogP contribution in [0.3, 0.4) is 0 Å². The predicted octanol–water partition coefficient (Wildman–Crippen LogP) is 2.40. The summed E-state index contributed by atoms with van der Waals surface area (Å²) in [5, 5.41) is 18.1. The van der Waals surface area contributed by atoms with E-state index in [4.69, 9.17) is 4.74 Å². The molecule has 2 aromatic rings. The average molecular weight is 541 g/mol. The Morgan fingerprint density at radius 3 is 2.56 bits per heavy atom. The monoisotopic (exact) mass is 540 g/mol. The zero-order chi connectivity index (χ0) is 27.6. The first-order valence-electron chi connectivity index (χ1n) is 13.0. The van der Waals surface area contributed by atoms with E-state index in [1.165, 1.54) is 6.07 Å². The van der Waals surface area contributed by atoms with E-state index in [-0.39, 0.29) is 31.2 Å². The molecular weight excluding hydrogens is 507 g/mol. The summed E-state index contributed by atoms with van der Waals surface area (Å²) in [5.41, 5.74) is 1.92. The molecule has 2 aromatic carbocycles. The van der Waals surface area contributed by atoms with Gasteiger partial charge in [0.15, 0.2) is 5.96 Å². The number of carbonyl (C=O) groups excluding carboxylic acids is 2. The fourth-order valence-electron chi connectivity index (χ4n) is 4.37. The lowest BCUT2D eigenvalue weighted by Gasteiger charge is -2.36. The summed E-state index contributed by atoms with van der Waals surface area (Å²) in [4.78, 5) is 44.4. The molecule has 2 aliphatic heterocycles. The maximum absolute atomic E-state index is 14.6. The lowest BCUT2D eigenvalue weighted by Crippen LogP contribution is -2.49. The van der Waals surface area contributed by atoms with Crippen LogP contribution < -0.4 is 20.9 Å². The van der Waals surface area contributed by atoms with Crippen molar-refractivity contribution in [3.05, 3.63) is 59.9 Å². The summed E-state index contributed by atoms with van der Waals surface area (Å²) in [6, 6.07) is 12.5. The van der Waals surface area contributed by atoms with Crippen LogP contribution in [0.5, 0.6) is 0 Å². The minimum atomic E-state index is -1.26. The zero-order valence-corrected chi connectivity index (χ0v) is 21.6.